The number of phenolic OH excluding ortho intramolecular Hbond substituents is 1. The predicted octanol–water partition coefficient (Wildman–Crippen LogP) is 6.60. The Morgan fingerprint density at radius 2 is 1.54 bits per heavy atom. The van der Waals surface area contributed by atoms with Crippen molar-refractivity contribution < 1.29 is 9.52 Å². The minimum Gasteiger partial charge on any atom is -0.505 e. The highest BCUT2D eigenvalue weighted by Gasteiger charge is 2.33. The van der Waals surface area contributed by atoms with Crippen LogP contribution in [0, 0.1) is 5.41 Å². The monoisotopic (exact) mass is 498 g/mol. The molecule has 192 valence electrons. The quantitative estimate of drug-likeness (QED) is 0.284. The molecule has 0 amide bonds. The van der Waals surface area contributed by atoms with Crippen LogP contribution in [0.4, 0.5) is 0 Å². The molecule has 0 aliphatic carbocycles. The summed E-state index contributed by atoms with van der Waals surface area (Å²) in [6, 6.07) is 17.8. The van der Waals surface area contributed by atoms with E-state index in [2.05, 4.69) is 81.8 Å². The number of benzene rings is 3. The molecule has 3 aromatic carbocycles. The van der Waals surface area contributed by atoms with Gasteiger partial charge < -0.3 is 9.52 Å². The van der Waals surface area contributed by atoms with Gasteiger partial charge in [-0.25, -0.2) is 4.79 Å². The van der Waals surface area contributed by atoms with Gasteiger partial charge in [0.15, 0.2) is 5.58 Å². The lowest BCUT2D eigenvalue weighted by Gasteiger charge is -2.35. The van der Waals surface area contributed by atoms with Gasteiger partial charge in [-0.15, -0.1) is 15.0 Å². The molecular weight excluding hydrogens is 464 g/mol. The lowest BCUT2D eigenvalue weighted by molar-refractivity contribution is 0.283. The van der Waals surface area contributed by atoms with Crippen LogP contribution in [0.5, 0.6) is 5.75 Å². The molecule has 0 atom stereocenters. The van der Waals surface area contributed by atoms with Crippen LogP contribution in [0.25, 0.3) is 27.8 Å². The Hall–Kier alpha value is -3.87. The number of oxazole rings is 1. The first-order valence-corrected chi connectivity index (χ1v) is 12.6. The van der Waals surface area contributed by atoms with Crippen LogP contribution in [-0.4, -0.2) is 25.1 Å². The standard InChI is InChI=1S/C30H34N4O3/c1-28(2,3)17-29(4,5)19-13-20(30(6,7)18-11-9-8-10-12-18)26(35)24(14-19)34-32-21-15-23-25(16-22(21)33-34)37-27(36)31-23/h8-16,35H,17H2,1-7H3,(H,31,36). The molecule has 2 aromatic heterocycles. The van der Waals surface area contributed by atoms with E-state index in [9.17, 15) is 9.90 Å². The van der Waals surface area contributed by atoms with E-state index in [4.69, 9.17) is 4.42 Å². The first-order chi connectivity index (χ1) is 17.2. The molecule has 5 rings (SSSR count). The zero-order valence-corrected chi connectivity index (χ0v) is 22.5. The van der Waals surface area contributed by atoms with Crippen LogP contribution in [-0.2, 0) is 10.8 Å². The molecule has 5 aromatic rings. The van der Waals surface area contributed by atoms with Gasteiger partial charge >= 0.3 is 5.76 Å². The molecule has 7 nitrogen and oxygen atoms in total. The lowest BCUT2D eigenvalue weighted by atomic mass is 9.70. The topological polar surface area (TPSA) is 96.9 Å². The molecule has 0 aliphatic heterocycles. The van der Waals surface area contributed by atoms with Crippen LogP contribution >= 0.6 is 0 Å². The van der Waals surface area contributed by atoms with Crippen LogP contribution in [0.3, 0.4) is 0 Å². The highest BCUT2D eigenvalue weighted by molar-refractivity contribution is 5.89. The number of hydrogen-bond donors (Lipinski definition) is 2. The number of phenols is 1. The third-order valence-corrected chi connectivity index (χ3v) is 7.15. The predicted molar refractivity (Wildman–Crippen MR) is 147 cm³/mol. The maximum Gasteiger partial charge on any atom is 0.417 e. The normalized spacial score (nSPS) is 13.1. The van der Waals surface area contributed by atoms with Crippen molar-refractivity contribution in [2.45, 2.75) is 65.7 Å². The van der Waals surface area contributed by atoms with Crippen molar-refractivity contribution >= 4 is 22.1 Å². The number of fused-ring (bicyclic) bond motifs is 2. The number of aromatic hydroxyl groups is 1. The molecule has 0 unspecified atom stereocenters. The third kappa shape index (κ3) is 4.54. The first kappa shape index (κ1) is 24.8. The highest BCUT2D eigenvalue weighted by Crippen LogP contribution is 2.44. The number of nitrogens with one attached hydrogen (secondary N) is 1. The number of aromatic nitrogens is 4. The number of aromatic amines is 1. The van der Waals surface area contributed by atoms with Crippen LogP contribution in [0.1, 0.15) is 71.6 Å². The summed E-state index contributed by atoms with van der Waals surface area (Å²) < 4.78 is 5.20. The van der Waals surface area contributed by atoms with Gasteiger partial charge in [0.25, 0.3) is 0 Å². The van der Waals surface area contributed by atoms with Gasteiger partial charge in [-0.2, -0.15) is 0 Å². The van der Waals surface area contributed by atoms with E-state index >= 15 is 0 Å². The Labute approximate surface area is 216 Å². The molecule has 37 heavy (non-hydrogen) atoms. The molecule has 7 heteroatoms. The Morgan fingerprint density at radius 3 is 2.19 bits per heavy atom. The van der Waals surface area contributed by atoms with Gasteiger partial charge in [0.2, 0.25) is 0 Å². The lowest BCUT2D eigenvalue weighted by Crippen LogP contribution is -2.27. The Kier molecular flexibility index (Phi) is 5.59. The van der Waals surface area contributed by atoms with Gasteiger partial charge in [-0.3, -0.25) is 4.98 Å². The van der Waals surface area contributed by atoms with Gasteiger partial charge in [0.05, 0.1) is 5.52 Å². The number of nitrogens with zero attached hydrogens (tertiary/aromatic N) is 3. The van der Waals surface area contributed by atoms with Crippen LogP contribution in [0.15, 0.2) is 63.8 Å². The summed E-state index contributed by atoms with van der Waals surface area (Å²) in [5, 5.41) is 21.1. The molecule has 0 aliphatic rings. The van der Waals surface area contributed by atoms with E-state index < -0.39 is 11.2 Å². The smallest absolute Gasteiger partial charge is 0.417 e. The van der Waals surface area contributed by atoms with Gasteiger partial charge in [-0.05, 0) is 40.5 Å². The summed E-state index contributed by atoms with van der Waals surface area (Å²) in [6.45, 7) is 15.5. The molecule has 0 spiro atoms. The zero-order valence-electron chi connectivity index (χ0n) is 22.5. The molecule has 0 fully saturated rings. The fraction of sp³-hybridized carbons (Fsp3) is 0.367. The number of rotatable bonds is 5. The van der Waals surface area contributed by atoms with Crippen molar-refractivity contribution in [2.75, 3.05) is 0 Å². The summed E-state index contributed by atoms with van der Waals surface area (Å²) >= 11 is 0. The average molecular weight is 499 g/mol. The second kappa shape index (κ2) is 8.33. The molecule has 0 radical (unpaired) electrons. The van der Waals surface area contributed by atoms with Crippen molar-refractivity contribution in [2.24, 2.45) is 5.41 Å². The summed E-state index contributed by atoms with van der Waals surface area (Å²) in [5.74, 6) is -0.378. The van der Waals surface area contributed by atoms with Gasteiger partial charge in [-0.1, -0.05) is 84.9 Å². The van der Waals surface area contributed by atoms with E-state index in [-0.39, 0.29) is 16.6 Å². The minimum absolute atomic E-state index is 0.111. The second-order valence-corrected chi connectivity index (χ2v) is 12.3. The van der Waals surface area contributed by atoms with E-state index in [1.165, 1.54) is 4.80 Å². The zero-order chi connectivity index (χ0) is 26.8. The molecule has 0 saturated heterocycles. The van der Waals surface area contributed by atoms with E-state index in [1.54, 1.807) is 12.1 Å². The van der Waals surface area contributed by atoms with Crippen molar-refractivity contribution in [3.63, 3.8) is 0 Å². The largest absolute Gasteiger partial charge is 0.505 e. The number of hydrogen-bond acceptors (Lipinski definition) is 5. The summed E-state index contributed by atoms with van der Waals surface area (Å²) in [4.78, 5) is 15.7. The van der Waals surface area contributed by atoms with Crippen molar-refractivity contribution in [3.05, 3.63) is 81.8 Å². The maximum absolute atomic E-state index is 11.7. The van der Waals surface area contributed by atoms with Crippen molar-refractivity contribution in [1.29, 1.82) is 0 Å². The van der Waals surface area contributed by atoms with E-state index in [0.29, 0.717) is 27.8 Å². The summed E-state index contributed by atoms with van der Waals surface area (Å²) in [7, 11) is 0. The number of H-pyrrole nitrogens is 1. The Balaban J connectivity index is 1.74. The van der Waals surface area contributed by atoms with Gasteiger partial charge in [0, 0.05) is 17.0 Å². The first-order valence-electron chi connectivity index (χ1n) is 12.6. The molecule has 2 N–H and O–H groups in total. The molecule has 0 saturated carbocycles. The molecule has 0 bridgehead atoms. The third-order valence-electron chi connectivity index (χ3n) is 7.15. The van der Waals surface area contributed by atoms with Crippen molar-refractivity contribution in [1.82, 2.24) is 20.0 Å². The highest BCUT2D eigenvalue weighted by atomic mass is 16.4. The summed E-state index contributed by atoms with van der Waals surface area (Å²) in [6.07, 6.45) is 0.952. The maximum atomic E-state index is 11.7. The fourth-order valence-electron chi connectivity index (χ4n) is 5.55. The fourth-order valence-corrected chi connectivity index (χ4v) is 5.55. The Bertz CT molecular complexity index is 1610. The van der Waals surface area contributed by atoms with Crippen LogP contribution in [0.2, 0.25) is 0 Å². The van der Waals surface area contributed by atoms with Gasteiger partial charge in [0.1, 0.15) is 22.5 Å². The van der Waals surface area contributed by atoms with E-state index in [1.807, 2.05) is 24.3 Å². The van der Waals surface area contributed by atoms with Crippen LogP contribution < -0.4 is 5.76 Å². The average Bonchev–Trinajstić information content (AvgIpc) is 3.37. The minimum atomic E-state index is -0.519. The second-order valence-electron chi connectivity index (χ2n) is 12.3. The molecule has 2 heterocycles. The Morgan fingerprint density at radius 1 is 0.892 bits per heavy atom. The SMILES string of the molecule is CC(C)(C)CC(C)(C)c1cc(-n2nc3cc4[nH]c(=O)oc4cc3n2)c(O)c(C(C)(C)c2ccccc2)c1. The molecular formula is C30H34N4O3. The van der Waals surface area contributed by atoms with Crippen molar-refractivity contribution in [3.8, 4) is 11.4 Å². The summed E-state index contributed by atoms with van der Waals surface area (Å²) in [5.41, 5.74) is 5.13. The van der Waals surface area contributed by atoms with E-state index in [0.717, 1.165) is 23.1 Å².